The summed E-state index contributed by atoms with van der Waals surface area (Å²) in [5.41, 5.74) is 9.14. The number of aryl methyl sites for hydroxylation is 3. The van der Waals surface area contributed by atoms with E-state index in [1.165, 1.54) is 33.0 Å². The second-order valence-electron chi connectivity index (χ2n) is 11.4. The molecule has 0 saturated carbocycles. The molecule has 0 saturated heterocycles. The fourth-order valence-corrected chi connectivity index (χ4v) is 6.18. The smallest absolute Gasteiger partial charge is 0.146 e. The van der Waals surface area contributed by atoms with E-state index in [4.69, 9.17) is 9.72 Å². The van der Waals surface area contributed by atoms with Crippen LogP contribution in [0.4, 0.5) is 5.69 Å². The maximum absolute atomic E-state index is 6.46. The maximum atomic E-state index is 6.46. The van der Waals surface area contributed by atoms with Crippen LogP contribution in [-0.2, 0) is 0 Å². The number of imidazole rings is 1. The van der Waals surface area contributed by atoms with Crippen LogP contribution in [0.25, 0.3) is 38.6 Å². The molecule has 5 nitrogen and oxygen atoms in total. The number of nitrogens with zero attached hydrogens (tertiary/aromatic N) is 4. The Morgan fingerprint density at radius 2 is 1.54 bits per heavy atom. The van der Waals surface area contributed by atoms with Crippen molar-refractivity contribution in [2.75, 3.05) is 11.6 Å². The van der Waals surface area contributed by atoms with Crippen molar-refractivity contribution in [3.05, 3.63) is 114 Å². The van der Waals surface area contributed by atoms with Crippen LogP contribution in [0.2, 0.25) is 0 Å². The summed E-state index contributed by atoms with van der Waals surface area (Å²) in [6.07, 6.45) is 6.46. The van der Waals surface area contributed by atoms with Gasteiger partial charge in [-0.2, -0.15) is 0 Å². The highest BCUT2D eigenvalue weighted by Gasteiger charge is 2.18. The molecule has 0 atom stereocenters. The normalized spacial score (nSPS) is 13.4. The van der Waals surface area contributed by atoms with Crippen LogP contribution in [0.15, 0.2) is 97.5 Å². The minimum atomic E-state index is 0.461. The zero-order valence-electron chi connectivity index (χ0n) is 24.2. The summed E-state index contributed by atoms with van der Waals surface area (Å²) >= 11 is 0. The summed E-state index contributed by atoms with van der Waals surface area (Å²) in [6, 6.07) is 28.1. The zero-order chi connectivity index (χ0) is 28.2. The Morgan fingerprint density at radius 1 is 0.756 bits per heavy atom. The molecule has 0 unspecified atom stereocenters. The van der Waals surface area contributed by atoms with Crippen molar-refractivity contribution in [1.82, 2.24) is 14.3 Å². The highest BCUT2D eigenvalue weighted by molar-refractivity contribution is 6.12. The Morgan fingerprint density at radius 3 is 2.32 bits per heavy atom. The van der Waals surface area contributed by atoms with Crippen LogP contribution in [0.3, 0.4) is 0 Å². The molecule has 1 aliphatic rings. The standard InChI is InChI=1S/C36H34N4O/c1-23(2)38-15-16-39(22-38)27-9-8-10-28(19-27)41-29-13-14-30-31-11-6-7-12-34(31)40-21-33(37-36(40)32(30)20-29)35-25(4)17-24(3)18-26(35)5/h6-21,23H,22H2,1-5H3. The summed E-state index contributed by atoms with van der Waals surface area (Å²) in [5, 5.41) is 3.43. The molecule has 0 bridgehead atoms. The molecule has 0 aliphatic carbocycles. The molecule has 1 aliphatic heterocycles. The molecule has 41 heavy (non-hydrogen) atoms. The molecule has 204 valence electrons. The third kappa shape index (κ3) is 4.38. The van der Waals surface area contributed by atoms with Gasteiger partial charge in [-0.05, 0) is 87.5 Å². The minimum Gasteiger partial charge on any atom is -0.457 e. The van der Waals surface area contributed by atoms with Gasteiger partial charge in [-0.3, -0.25) is 4.40 Å². The number of para-hydroxylation sites is 1. The molecule has 0 spiro atoms. The molecule has 0 fully saturated rings. The van der Waals surface area contributed by atoms with Crippen molar-refractivity contribution in [1.29, 1.82) is 0 Å². The monoisotopic (exact) mass is 538 g/mol. The van der Waals surface area contributed by atoms with Crippen molar-refractivity contribution in [3.8, 4) is 22.8 Å². The first kappa shape index (κ1) is 25.2. The first-order valence-electron chi connectivity index (χ1n) is 14.3. The van der Waals surface area contributed by atoms with Crippen molar-refractivity contribution in [3.63, 3.8) is 0 Å². The summed E-state index contributed by atoms with van der Waals surface area (Å²) in [5.74, 6) is 1.60. The van der Waals surface area contributed by atoms with Crippen LogP contribution in [0.5, 0.6) is 11.5 Å². The van der Waals surface area contributed by atoms with Gasteiger partial charge in [0.25, 0.3) is 0 Å². The van der Waals surface area contributed by atoms with Gasteiger partial charge in [0.2, 0.25) is 0 Å². The van der Waals surface area contributed by atoms with Crippen molar-refractivity contribution >= 4 is 33.0 Å². The third-order valence-corrected chi connectivity index (χ3v) is 8.13. The number of aromatic nitrogens is 2. The highest BCUT2D eigenvalue weighted by atomic mass is 16.5. The number of hydrogen-bond donors (Lipinski definition) is 0. The second kappa shape index (κ2) is 9.70. The van der Waals surface area contributed by atoms with E-state index in [9.17, 15) is 0 Å². The number of benzene rings is 4. The predicted octanol–water partition coefficient (Wildman–Crippen LogP) is 8.98. The van der Waals surface area contributed by atoms with Crippen LogP contribution in [0.1, 0.15) is 30.5 Å². The molecule has 6 aromatic rings. The Labute approximate surface area is 240 Å². The molecule has 0 radical (unpaired) electrons. The fraction of sp³-hybridized carbons (Fsp3) is 0.194. The lowest BCUT2D eigenvalue weighted by Gasteiger charge is -2.24. The fourth-order valence-electron chi connectivity index (χ4n) is 6.18. The second-order valence-corrected chi connectivity index (χ2v) is 11.4. The largest absolute Gasteiger partial charge is 0.457 e. The van der Waals surface area contributed by atoms with Crippen LogP contribution in [-0.4, -0.2) is 27.0 Å². The van der Waals surface area contributed by atoms with Gasteiger partial charge in [0.1, 0.15) is 17.1 Å². The van der Waals surface area contributed by atoms with E-state index in [1.54, 1.807) is 0 Å². The van der Waals surface area contributed by atoms with Crippen molar-refractivity contribution in [2.45, 2.75) is 40.7 Å². The summed E-state index contributed by atoms with van der Waals surface area (Å²) < 4.78 is 8.70. The summed E-state index contributed by atoms with van der Waals surface area (Å²) in [6.45, 7) is 11.7. The van der Waals surface area contributed by atoms with E-state index >= 15 is 0 Å². The summed E-state index contributed by atoms with van der Waals surface area (Å²) in [4.78, 5) is 9.79. The number of fused-ring (bicyclic) bond motifs is 6. The zero-order valence-corrected chi connectivity index (χ0v) is 24.2. The van der Waals surface area contributed by atoms with Gasteiger partial charge in [0, 0.05) is 52.7 Å². The minimum absolute atomic E-state index is 0.461. The van der Waals surface area contributed by atoms with Crippen LogP contribution in [0, 0.1) is 20.8 Å². The Balaban J connectivity index is 1.32. The Hall–Kier alpha value is -4.77. The summed E-state index contributed by atoms with van der Waals surface area (Å²) in [7, 11) is 0. The maximum Gasteiger partial charge on any atom is 0.146 e. The van der Waals surface area contributed by atoms with Gasteiger partial charge in [-0.25, -0.2) is 4.98 Å². The van der Waals surface area contributed by atoms with Gasteiger partial charge in [0.15, 0.2) is 0 Å². The molecule has 7 rings (SSSR count). The third-order valence-electron chi connectivity index (χ3n) is 8.13. The van der Waals surface area contributed by atoms with E-state index in [1.807, 2.05) is 6.07 Å². The van der Waals surface area contributed by atoms with Gasteiger partial charge in [-0.1, -0.05) is 42.0 Å². The lowest BCUT2D eigenvalue weighted by Crippen LogP contribution is -2.30. The van der Waals surface area contributed by atoms with Gasteiger partial charge >= 0.3 is 0 Å². The van der Waals surface area contributed by atoms with Crippen LogP contribution >= 0.6 is 0 Å². The first-order valence-corrected chi connectivity index (χ1v) is 14.3. The highest BCUT2D eigenvalue weighted by Crippen LogP contribution is 2.36. The average Bonchev–Trinajstić information content (AvgIpc) is 3.62. The number of pyridine rings is 1. The molecule has 0 amide bonds. The van der Waals surface area contributed by atoms with E-state index in [2.05, 4.69) is 140 Å². The lowest BCUT2D eigenvalue weighted by atomic mass is 9.98. The molecular weight excluding hydrogens is 504 g/mol. The van der Waals surface area contributed by atoms with Gasteiger partial charge < -0.3 is 14.5 Å². The van der Waals surface area contributed by atoms with Gasteiger partial charge in [-0.15, -0.1) is 0 Å². The van der Waals surface area contributed by atoms with Gasteiger partial charge in [0.05, 0.1) is 17.9 Å². The molecular formula is C36H34N4O. The molecule has 2 aromatic heterocycles. The van der Waals surface area contributed by atoms with E-state index in [-0.39, 0.29) is 0 Å². The Kier molecular flexibility index (Phi) is 5.97. The Bertz CT molecular complexity index is 1960. The van der Waals surface area contributed by atoms with Crippen molar-refractivity contribution in [2.24, 2.45) is 0 Å². The average molecular weight is 539 g/mol. The molecule has 4 aromatic carbocycles. The first-order chi connectivity index (χ1) is 19.9. The lowest BCUT2D eigenvalue weighted by molar-refractivity contribution is 0.336. The van der Waals surface area contributed by atoms with E-state index in [0.717, 1.165) is 46.1 Å². The number of hydrogen-bond acceptors (Lipinski definition) is 4. The quantitative estimate of drug-likeness (QED) is 0.205. The van der Waals surface area contributed by atoms with E-state index in [0.29, 0.717) is 6.04 Å². The van der Waals surface area contributed by atoms with E-state index < -0.39 is 0 Å². The SMILES string of the molecule is Cc1cc(C)c(-c2cn3c4ccccc4c4ccc(Oc5cccc(N6C=CN(C(C)C)C6)c5)cc4c3n2)c(C)c1. The van der Waals surface area contributed by atoms with Crippen LogP contribution < -0.4 is 9.64 Å². The van der Waals surface area contributed by atoms with Crippen molar-refractivity contribution < 1.29 is 4.74 Å². The number of anilines is 1. The molecule has 3 heterocycles. The number of ether oxygens (including phenoxy) is 1. The number of rotatable bonds is 5. The predicted molar refractivity (Wildman–Crippen MR) is 170 cm³/mol. The molecule has 0 N–H and O–H groups in total. The molecule has 5 heteroatoms. The topological polar surface area (TPSA) is 33.0 Å².